The summed E-state index contributed by atoms with van der Waals surface area (Å²) >= 11 is 0. The van der Waals surface area contributed by atoms with Crippen LogP contribution in [0.3, 0.4) is 0 Å². The van der Waals surface area contributed by atoms with E-state index in [1.54, 1.807) is 0 Å². The molecule has 1 unspecified atom stereocenters. The summed E-state index contributed by atoms with van der Waals surface area (Å²) in [5, 5.41) is 12.3. The Hall–Kier alpha value is -2.39. The van der Waals surface area contributed by atoms with Gasteiger partial charge in [0.25, 0.3) is 0 Å². The molecule has 1 heterocycles. The van der Waals surface area contributed by atoms with Crippen LogP contribution in [-0.4, -0.2) is 44.4 Å². The van der Waals surface area contributed by atoms with Crippen LogP contribution in [0.1, 0.15) is 35.6 Å². The highest BCUT2D eigenvalue weighted by Crippen LogP contribution is 2.22. The molecular weight excluding hydrogens is 362 g/mol. The van der Waals surface area contributed by atoms with Crippen molar-refractivity contribution in [3.63, 3.8) is 0 Å². The molecule has 0 bridgehead atoms. The van der Waals surface area contributed by atoms with Gasteiger partial charge in [-0.3, -0.25) is 4.90 Å². The van der Waals surface area contributed by atoms with Gasteiger partial charge in [-0.2, -0.15) is 5.26 Å². The molecule has 1 saturated heterocycles. The topological polar surface area (TPSA) is 57.5 Å². The third-order valence-corrected chi connectivity index (χ3v) is 5.18. The van der Waals surface area contributed by atoms with Gasteiger partial charge < -0.3 is 14.8 Å². The normalized spacial score (nSPS) is 15.6. The zero-order valence-electron chi connectivity index (χ0n) is 17.3. The number of unbranched alkanes of at least 4 members (excludes halogenated alkanes) is 1. The lowest BCUT2D eigenvalue weighted by molar-refractivity contribution is 0.0161. The molecule has 3 rings (SSSR count). The van der Waals surface area contributed by atoms with E-state index in [0.29, 0.717) is 19.1 Å². The number of hydrogen-bond acceptors (Lipinski definition) is 5. The minimum absolute atomic E-state index is 0.337. The maximum Gasteiger partial charge on any atom is 0.119 e. The number of aryl methyl sites for hydroxylation is 1. The molecule has 0 radical (unpaired) electrons. The van der Waals surface area contributed by atoms with E-state index in [1.165, 1.54) is 16.7 Å². The van der Waals surface area contributed by atoms with Crippen LogP contribution in [-0.2, 0) is 11.3 Å². The van der Waals surface area contributed by atoms with Crippen LogP contribution in [0.25, 0.3) is 0 Å². The minimum Gasteiger partial charge on any atom is -0.494 e. The second-order valence-electron chi connectivity index (χ2n) is 7.47. The highest BCUT2D eigenvalue weighted by atomic mass is 16.5. The van der Waals surface area contributed by atoms with E-state index < -0.39 is 0 Å². The van der Waals surface area contributed by atoms with Crippen molar-refractivity contribution in [1.29, 1.82) is 5.26 Å². The maximum absolute atomic E-state index is 8.62. The van der Waals surface area contributed by atoms with E-state index in [0.717, 1.165) is 51.6 Å². The summed E-state index contributed by atoms with van der Waals surface area (Å²) in [6.07, 6.45) is 1.29. The third kappa shape index (κ3) is 6.86. The van der Waals surface area contributed by atoms with E-state index in [2.05, 4.69) is 59.6 Å². The number of ether oxygens (including phenoxy) is 2. The predicted molar refractivity (Wildman–Crippen MR) is 115 cm³/mol. The lowest BCUT2D eigenvalue weighted by Gasteiger charge is -2.35. The first-order valence-corrected chi connectivity index (χ1v) is 10.4. The van der Waals surface area contributed by atoms with E-state index in [1.807, 2.05) is 12.1 Å². The second kappa shape index (κ2) is 11.6. The van der Waals surface area contributed by atoms with E-state index in [4.69, 9.17) is 14.7 Å². The molecule has 154 valence electrons. The monoisotopic (exact) mass is 393 g/mol. The van der Waals surface area contributed by atoms with Crippen molar-refractivity contribution in [2.45, 2.75) is 32.4 Å². The SMILES string of the molecule is Cc1cccc(C(CNCc2cccc(OCCCC#N)c2)N2CCOCC2)c1. The molecule has 1 atom stereocenters. The summed E-state index contributed by atoms with van der Waals surface area (Å²) in [6.45, 7) is 7.94. The molecule has 29 heavy (non-hydrogen) atoms. The van der Waals surface area contributed by atoms with Crippen LogP contribution < -0.4 is 10.1 Å². The number of benzene rings is 2. The number of nitriles is 1. The van der Waals surface area contributed by atoms with Gasteiger partial charge in [0.1, 0.15) is 5.75 Å². The van der Waals surface area contributed by atoms with E-state index >= 15 is 0 Å². The number of rotatable bonds is 10. The summed E-state index contributed by atoms with van der Waals surface area (Å²) < 4.78 is 11.3. The number of nitrogens with one attached hydrogen (secondary N) is 1. The number of nitrogens with zero attached hydrogens (tertiary/aromatic N) is 2. The van der Waals surface area contributed by atoms with Crippen LogP contribution in [0, 0.1) is 18.3 Å². The summed E-state index contributed by atoms with van der Waals surface area (Å²) in [6, 6.07) is 19.5. The molecule has 1 fully saturated rings. The van der Waals surface area contributed by atoms with Crippen LogP contribution in [0.2, 0.25) is 0 Å². The van der Waals surface area contributed by atoms with Gasteiger partial charge in [-0.1, -0.05) is 42.0 Å². The molecule has 1 N–H and O–H groups in total. The zero-order valence-corrected chi connectivity index (χ0v) is 17.3. The van der Waals surface area contributed by atoms with Gasteiger partial charge in [0.05, 0.1) is 25.9 Å². The van der Waals surface area contributed by atoms with Crippen LogP contribution in [0.5, 0.6) is 5.75 Å². The average Bonchev–Trinajstić information content (AvgIpc) is 2.75. The fourth-order valence-electron chi connectivity index (χ4n) is 3.66. The van der Waals surface area contributed by atoms with Crippen molar-refractivity contribution in [3.8, 4) is 11.8 Å². The molecule has 1 aliphatic heterocycles. The van der Waals surface area contributed by atoms with Gasteiger partial charge in [-0.15, -0.1) is 0 Å². The lowest BCUT2D eigenvalue weighted by atomic mass is 10.0. The second-order valence-corrected chi connectivity index (χ2v) is 7.47. The smallest absolute Gasteiger partial charge is 0.119 e. The lowest BCUT2D eigenvalue weighted by Crippen LogP contribution is -2.42. The van der Waals surface area contributed by atoms with Crippen molar-refractivity contribution in [1.82, 2.24) is 10.2 Å². The van der Waals surface area contributed by atoms with Gasteiger partial charge in [-0.25, -0.2) is 0 Å². The quantitative estimate of drug-likeness (QED) is 0.622. The van der Waals surface area contributed by atoms with Gasteiger partial charge in [-0.05, 0) is 36.6 Å². The molecule has 0 saturated carbocycles. The largest absolute Gasteiger partial charge is 0.494 e. The van der Waals surface area contributed by atoms with Crippen molar-refractivity contribution in [2.24, 2.45) is 0 Å². The molecule has 0 amide bonds. The van der Waals surface area contributed by atoms with Gasteiger partial charge in [0.2, 0.25) is 0 Å². The Balaban J connectivity index is 1.57. The molecule has 1 aliphatic rings. The summed E-state index contributed by atoms with van der Waals surface area (Å²) in [5.41, 5.74) is 3.85. The Bertz CT molecular complexity index is 797. The van der Waals surface area contributed by atoms with Crippen LogP contribution >= 0.6 is 0 Å². The van der Waals surface area contributed by atoms with Crippen molar-refractivity contribution in [3.05, 3.63) is 65.2 Å². The van der Waals surface area contributed by atoms with Crippen LogP contribution in [0.15, 0.2) is 48.5 Å². The average molecular weight is 394 g/mol. The van der Waals surface area contributed by atoms with Gasteiger partial charge in [0, 0.05) is 38.6 Å². The minimum atomic E-state index is 0.337. The molecular formula is C24H31N3O2. The molecule has 2 aromatic carbocycles. The summed E-state index contributed by atoms with van der Waals surface area (Å²) in [5.74, 6) is 0.866. The van der Waals surface area contributed by atoms with Gasteiger partial charge >= 0.3 is 0 Å². The van der Waals surface area contributed by atoms with Crippen molar-refractivity contribution >= 4 is 0 Å². The molecule has 0 aromatic heterocycles. The summed E-state index contributed by atoms with van der Waals surface area (Å²) in [7, 11) is 0. The Morgan fingerprint density at radius 3 is 2.79 bits per heavy atom. The zero-order chi connectivity index (χ0) is 20.3. The highest BCUT2D eigenvalue weighted by Gasteiger charge is 2.22. The summed E-state index contributed by atoms with van der Waals surface area (Å²) in [4.78, 5) is 2.51. The first-order chi connectivity index (χ1) is 14.3. The van der Waals surface area contributed by atoms with Crippen LogP contribution in [0.4, 0.5) is 0 Å². The van der Waals surface area contributed by atoms with E-state index in [9.17, 15) is 0 Å². The molecule has 0 spiro atoms. The van der Waals surface area contributed by atoms with Crippen molar-refractivity contribution < 1.29 is 9.47 Å². The van der Waals surface area contributed by atoms with E-state index in [-0.39, 0.29) is 0 Å². The number of morpholine rings is 1. The fourth-order valence-corrected chi connectivity index (χ4v) is 3.66. The molecule has 2 aromatic rings. The Morgan fingerprint density at radius 1 is 1.17 bits per heavy atom. The number of hydrogen-bond donors (Lipinski definition) is 1. The standard InChI is InChI=1S/C24H31N3O2/c1-20-6-4-8-22(16-20)24(27-11-14-28-15-12-27)19-26-18-21-7-5-9-23(17-21)29-13-3-2-10-25/h4-9,16-17,24,26H,2-3,11-15,18-19H2,1H3. The fraction of sp³-hybridized carbons (Fsp3) is 0.458. The maximum atomic E-state index is 8.62. The first-order valence-electron chi connectivity index (χ1n) is 10.4. The highest BCUT2D eigenvalue weighted by molar-refractivity contribution is 5.29. The Kier molecular flexibility index (Phi) is 8.51. The molecule has 5 nitrogen and oxygen atoms in total. The third-order valence-electron chi connectivity index (χ3n) is 5.18. The Labute approximate surface area is 174 Å². The first kappa shape index (κ1) is 21.3. The Morgan fingerprint density at radius 2 is 2.00 bits per heavy atom. The van der Waals surface area contributed by atoms with Gasteiger partial charge in [0.15, 0.2) is 0 Å². The molecule has 0 aliphatic carbocycles. The predicted octanol–water partition coefficient (Wildman–Crippen LogP) is 3.84. The molecule has 5 heteroatoms. The van der Waals surface area contributed by atoms with Crippen molar-refractivity contribution in [2.75, 3.05) is 39.5 Å².